The maximum Gasteiger partial charge on any atom is 0.225 e. The number of rotatable bonds is 7. The summed E-state index contributed by atoms with van der Waals surface area (Å²) < 4.78 is 10.7. The SMILES string of the molecule is COc1cc(C)c(CC(=O)NC(c2ccccc2)c2ccccc2)cc1OC. The fraction of sp³-hybridized carbons (Fsp3) is 0.208. The van der Waals surface area contributed by atoms with Crippen LogP contribution in [0.2, 0.25) is 0 Å². The van der Waals surface area contributed by atoms with Crippen LogP contribution in [0.25, 0.3) is 0 Å². The van der Waals surface area contributed by atoms with Crippen molar-refractivity contribution < 1.29 is 14.3 Å². The first kappa shape index (κ1) is 19.5. The Kier molecular flexibility index (Phi) is 6.33. The van der Waals surface area contributed by atoms with E-state index in [9.17, 15) is 4.79 Å². The number of hydrogen-bond acceptors (Lipinski definition) is 3. The predicted octanol–water partition coefficient (Wildman–Crippen LogP) is 4.46. The summed E-state index contributed by atoms with van der Waals surface area (Å²) in [6.45, 7) is 1.97. The average Bonchev–Trinajstić information content (AvgIpc) is 2.74. The van der Waals surface area contributed by atoms with Crippen molar-refractivity contribution in [3.05, 3.63) is 95.1 Å². The van der Waals surface area contributed by atoms with E-state index in [2.05, 4.69) is 5.32 Å². The number of benzene rings is 3. The maximum atomic E-state index is 12.9. The Labute approximate surface area is 166 Å². The van der Waals surface area contributed by atoms with E-state index in [4.69, 9.17) is 9.47 Å². The fourth-order valence-corrected chi connectivity index (χ4v) is 3.25. The van der Waals surface area contributed by atoms with Gasteiger partial charge in [-0.25, -0.2) is 0 Å². The lowest BCUT2D eigenvalue weighted by atomic mass is 9.98. The number of methoxy groups -OCH3 is 2. The summed E-state index contributed by atoms with van der Waals surface area (Å²) in [6.07, 6.45) is 0.266. The zero-order valence-electron chi connectivity index (χ0n) is 16.4. The molecule has 0 unspecified atom stereocenters. The first-order chi connectivity index (χ1) is 13.6. The highest BCUT2D eigenvalue weighted by molar-refractivity contribution is 5.80. The molecule has 0 bridgehead atoms. The molecule has 0 fully saturated rings. The lowest BCUT2D eigenvalue weighted by molar-refractivity contribution is -0.120. The van der Waals surface area contributed by atoms with Gasteiger partial charge in [-0.3, -0.25) is 4.79 Å². The molecule has 4 nitrogen and oxygen atoms in total. The highest BCUT2D eigenvalue weighted by Crippen LogP contribution is 2.30. The maximum absolute atomic E-state index is 12.9. The minimum absolute atomic E-state index is 0.0481. The average molecular weight is 375 g/mol. The van der Waals surface area contributed by atoms with E-state index in [1.807, 2.05) is 79.7 Å². The molecule has 0 heterocycles. The summed E-state index contributed by atoms with van der Waals surface area (Å²) in [6, 6.07) is 23.5. The fourth-order valence-electron chi connectivity index (χ4n) is 3.25. The Hall–Kier alpha value is -3.27. The third kappa shape index (κ3) is 4.52. The summed E-state index contributed by atoms with van der Waals surface area (Å²) in [5.41, 5.74) is 4.00. The van der Waals surface area contributed by atoms with Gasteiger partial charge in [0.1, 0.15) is 0 Å². The van der Waals surface area contributed by atoms with Crippen LogP contribution in [0.3, 0.4) is 0 Å². The van der Waals surface area contributed by atoms with Crippen LogP contribution in [0.5, 0.6) is 11.5 Å². The predicted molar refractivity (Wildman–Crippen MR) is 111 cm³/mol. The van der Waals surface area contributed by atoms with Gasteiger partial charge in [0, 0.05) is 0 Å². The molecule has 0 radical (unpaired) electrons. The standard InChI is InChI=1S/C24H25NO3/c1-17-14-21(27-2)22(28-3)15-20(17)16-23(26)25-24(18-10-6-4-7-11-18)19-12-8-5-9-13-19/h4-15,24H,16H2,1-3H3,(H,25,26). The highest BCUT2D eigenvalue weighted by atomic mass is 16.5. The monoisotopic (exact) mass is 375 g/mol. The summed E-state index contributed by atoms with van der Waals surface area (Å²) in [5, 5.41) is 3.18. The quantitative estimate of drug-likeness (QED) is 0.663. The molecule has 0 aromatic heterocycles. The largest absolute Gasteiger partial charge is 0.493 e. The smallest absolute Gasteiger partial charge is 0.225 e. The number of nitrogens with one attached hydrogen (secondary N) is 1. The molecule has 0 saturated carbocycles. The second-order valence-corrected chi connectivity index (χ2v) is 6.63. The van der Waals surface area contributed by atoms with Crippen molar-refractivity contribution in [2.24, 2.45) is 0 Å². The molecule has 0 aliphatic carbocycles. The first-order valence-corrected chi connectivity index (χ1v) is 9.23. The van der Waals surface area contributed by atoms with Crippen molar-refractivity contribution in [3.8, 4) is 11.5 Å². The first-order valence-electron chi connectivity index (χ1n) is 9.23. The number of amides is 1. The van der Waals surface area contributed by atoms with Gasteiger partial charge < -0.3 is 14.8 Å². The number of ether oxygens (including phenoxy) is 2. The van der Waals surface area contributed by atoms with Crippen LogP contribution in [0.4, 0.5) is 0 Å². The van der Waals surface area contributed by atoms with Gasteiger partial charge in [0.25, 0.3) is 0 Å². The number of aryl methyl sites for hydroxylation is 1. The molecule has 1 amide bonds. The minimum Gasteiger partial charge on any atom is -0.493 e. The van der Waals surface area contributed by atoms with Crippen LogP contribution < -0.4 is 14.8 Å². The summed E-state index contributed by atoms with van der Waals surface area (Å²) in [5.74, 6) is 1.24. The van der Waals surface area contributed by atoms with Crippen molar-refractivity contribution in [2.45, 2.75) is 19.4 Å². The molecule has 1 N–H and O–H groups in total. The van der Waals surface area contributed by atoms with Crippen molar-refractivity contribution in [3.63, 3.8) is 0 Å². The molecular formula is C24H25NO3. The Morgan fingerprint density at radius 2 is 1.36 bits per heavy atom. The van der Waals surface area contributed by atoms with Gasteiger partial charge in [-0.2, -0.15) is 0 Å². The molecule has 0 saturated heterocycles. The van der Waals surface area contributed by atoms with Crippen LogP contribution in [0.15, 0.2) is 72.8 Å². The Morgan fingerprint density at radius 3 is 1.86 bits per heavy atom. The Balaban J connectivity index is 1.84. The van der Waals surface area contributed by atoms with E-state index in [0.717, 1.165) is 22.3 Å². The van der Waals surface area contributed by atoms with E-state index < -0.39 is 0 Å². The Bertz CT molecular complexity index is 884. The lowest BCUT2D eigenvalue weighted by Gasteiger charge is -2.20. The third-order valence-electron chi connectivity index (χ3n) is 4.76. The molecule has 0 spiro atoms. The molecular weight excluding hydrogens is 350 g/mol. The van der Waals surface area contributed by atoms with Crippen LogP contribution in [0.1, 0.15) is 28.3 Å². The van der Waals surface area contributed by atoms with Gasteiger partial charge in [0.2, 0.25) is 5.91 Å². The van der Waals surface area contributed by atoms with E-state index in [0.29, 0.717) is 11.5 Å². The second-order valence-electron chi connectivity index (χ2n) is 6.63. The van der Waals surface area contributed by atoms with Crippen molar-refractivity contribution in [1.29, 1.82) is 0 Å². The lowest BCUT2D eigenvalue weighted by Crippen LogP contribution is -2.30. The van der Waals surface area contributed by atoms with Crippen molar-refractivity contribution >= 4 is 5.91 Å². The van der Waals surface area contributed by atoms with E-state index >= 15 is 0 Å². The molecule has 0 atom stereocenters. The molecule has 28 heavy (non-hydrogen) atoms. The van der Waals surface area contributed by atoms with E-state index in [1.54, 1.807) is 14.2 Å². The van der Waals surface area contributed by atoms with Crippen molar-refractivity contribution in [1.82, 2.24) is 5.32 Å². The topological polar surface area (TPSA) is 47.6 Å². The molecule has 3 rings (SSSR count). The zero-order valence-corrected chi connectivity index (χ0v) is 16.4. The van der Waals surface area contributed by atoms with Crippen LogP contribution in [-0.4, -0.2) is 20.1 Å². The molecule has 3 aromatic rings. The highest BCUT2D eigenvalue weighted by Gasteiger charge is 2.18. The van der Waals surface area contributed by atoms with Crippen LogP contribution in [-0.2, 0) is 11.2 Å². The van der Waals surface area contributed by atoms with Crippen LogP contribution >= 0.6 is 0 Å². The summed E-state index contributed by atoms with van der Waals surface area (Å²) >= 11 is 0. The molecule has 0 aliphatic heterocycles. The number of hydrogen-bond donors (Lipinski definition) is 1. The minimum atomic E-state index is -0.199. The number of carbonyl (C=O) groups is 1. The number of carbonyl (C=O) groups excluding carboxylic acids is 1. The van der Waals surface area contributed by atoms with Gasteiger partial charge >= 0.3 is 0 Å². The normalized spacial score (nSPS) is 10.6. The van der Waals surface area contributed by atoms with Gasteiger partial charge in [-0.1, -0.05) is 60.7 Å². The van der Waals surface area contributed by atoms with E-state index in [1.165, 1.54) is 0 Å². The second kappa shape index (κ2) is 9.09. The van der Waals surface area contributed by atoms with Gasteiger partial charge in [0.15, 0.2) is 11.5 Å². The Morgan fingerprint density at radius 1 is 0.857 bits per heavy atom. The summed E-state index contributed by atoms with van der Waals surface area (Å²) in [7, 11) is 3.20. The molecule has 144 valence electrons. The van der Waals surface area contributed by atoms with Gasteiger partial charge in [-0.15, -0.1) is 0 Å². The molecule has 3 aromatic carbocycles. The zero-order chi connectivity index (χ0) is 19.9. The molecule has 4 heteroatoms. The van der Waals surface area contributed by atoms with Gasteiger partial charge in [0.05, 0.1) is 26.7 Å². The van der Waals surface area contributed by atoms with Crippen LogP contribution in [0, 0.1) is 6.92 Å². The summed E-state index contributed by atoms with van der Waals surface area (Å²) in [4.78, 5) is 12.9. The molecule has 0 aliphatic rings. The third-order valence-corrected chi connectivity index (χ3v) is 4.76. The van der Waals surface area contributed by atoms with E-state index in [-0.39, 0.29) is 18.4 Å². The van der Waals surface area contributed by atoms with Gasteiger partial charge in [-0.05, 0) is 41.3 Å². The van der Waals surface area contributed by atoms with Crippen molar-refractivity contribution in [2.75, 3.05) is 14.2 Å².